The first-order valence-corrected chi connectivity index (χ1v) is 7.42. The number of amides is 1. The Labute approximate surface area is 140 Å². The third-order valence-electron chi connectivity index (χ3n) is 3.31. The summed E-state index contributed by atoms with van der Waals surface area (Å²) in [6.45, 7) is 0.569. The number of nitriles is 2. The number of hydrogen-bond acceptors (Lipinski definition) is 4. The lowest BCUT2D eigenvalue weighted by molar-refractivity contribution is 0.0954. The Morgan fingerprint density at radius 1 is 1.00 bits per heavy atom. The van der Waals surface area contributed by atoms with Crippen LogP contribution >= 0.6 is 0 Å². The zero-order chi connectivity index (χ0) is 17.2. The lowest BCUT2D eigenvalue weighted by Crippen LogP contribution is -2.25. The first-order chi connectivity index (χ1) is 11.7. The highest BCUT2D eigenvalue weighted by Gasteiger charge is 2.04. The molecule has 24 heavy (non-hydrogen) atoms. The maximum absolute atomic E-state index is 12.1. The first kappa shape index (κ1) is 16.8. The van der Waals surface area contributed by atoms with E-state index in [0.29, 0.717) is 17.8 Å². The Kier molecular flexibility index (Phi) is 6.14. The van der Waals surface area contributed by atoms with E-state index >= 15 is 0 Å². The lowest BCUT2D eigenvalue weighted by Gasteiger charge is -2.06. The molecule has 0 aliphatic carbocycles. The molecule has 0 aromatic heterocycles. The van der Waals surface area contributed by atoms with Crippen LogP contribution in [0.4, 0.5) is 5.69 Å². The summed E-state index contributed by atoms with van der Waals surface area (Å²) in [5, 5.41) is 23.0. The number of nitrogens with one attached hydrogen (secondary N) is 2. The van der Waals surface area contributed by atoms with Gasteiger partial charge in [0.1, 0.15) is 17.7 Å². The molecule has 2 aromatic rings. The molecular formula is C19H16N4O. The van der Waals surface area contributed by atoms with Crippen molar-refractivity contribution < 1.29 is 4.79 Å². The van der Waals surface area contributed by atoms with Gasteiger partial charge in [0.05, 0.1) is 0 Å². The van der Waals surface area contributed by atoms with E-state index in [0.717, 1.165) is 6.42 Å². The zero-order valence-corrected chi connectivity index (χ0v) is 13.0. The molecule has 0 aliphatic heterocycles. The monoisotopic (exact) mass is 316 g/mol. The van der Waals surface area contributed by atoms with E-state index in [1.54, 1.807) is 36.4 Å². The van der Waals surface area contributed by atoms with Crippen LogP contribution in [-0.4, -0.2) is 12.5 Å². The lowest BCUT2D eigenvalue weighted by atomic mass is 10.1. The fraction of sp³-hybridized carbons (Fsp3) is 0.105. The van der Waals surface area contributed by atoms with E-state index in [1.165, 1.54) is 11.8 Å². The van der Waals surface area contributed by atoms with E-state index < -0.39 is 0 Å². The Bertz CT molecular complexity index is 780. The zero-order valence-electron chi connectivity index (χ0n) is 13.0. The van der Waals surface area contributed by atoms with Gasteiger partial charge in [0, 0.05) is 24.0 Å². The molecule has 2 rings (SSSR count). The van der Waals surface area contributed by atoms with Crippen molar-refractivity contribution in [3.05, 3.63) is 77.5 Å². The normalized spacial score (nSPS) is 9.25. The van der Waals surface area contributed by atoms with Gasteiger partial charge in [0.2, 0.25) is 0 Å². The van der Waals surface area contributed by atoms with Gasteiger partial charge in [0.15, 0.2) is 0 Å². The molecule has 0 saturated carbocycles. The maximum atomic E-state index is 12.1. The highest BCUT2D eigenvalue weighted by Crippen LogP contribution is 2.10. The van der Waals surface area contributed by atoms with E-state index in [2.05, 4.69) is 10.6 Å². The standard InChI is InChI=1S/C19H16N4O/c20-12-16(13-21)14-23-18-8-6-17(7-9-18)19(24)22-11-10-15-4-2-1-3-5-15/h1-9,14,23H,10-11H2,(H,22,24). The van der Waals surface area contributed by atoms with Crippen LogP contribution in [0.15, 0.2) is 66.4 Å². The molecule has 0 radical (unpaired) electrons. The Hall–Kier alpha value is -3.57. The molecule has 1 amide bonds. The van der Waals surface area contributed by atoms with E-state index in [-0.39, 0.29) is 11.5 Å². The van der Waals surface area contributed by atoms with E-state index in [1.807, 2.05) is 30.3 Å². The molecule has 5 heteroatoms. The third kappa shape index (κ3) is 5.01. The Morgan fingerprint density at radius 3 is 2.29 bits per heavy atom. The molecule has 0 heterocycles. The molecule has 0 spiro atoms. The summed E-state index contributed by atoms with van der Waals surface area (Å²) in [6, 6.07) is 20.3. The molecule has 0 aliphatic rings. The van der Waals surface area contributed by atoms with Crippen molar-refractivity contribution in [3.63, 3.8) is 0 Å². The van der Waals surface area contributed by atoms with Crippen LogP contribution in [0, 0.1) is 22.7 Å². The van der Waals surface area contributed by atoms with Gasteiger partial charge < -0.3 is 10.6 Å². The summed E-state index contributed by atoms with van der Waals surface area (Å²) in [5.41, 5.74) is 2.41. The SMILES string of the molecule is N#CC(C#N)=CNc1ccc(C(=O)NCCc2ccccc2)cc1. The molecular weight excluding hydrogens is 300 g/mol. The molecule has 0 saturated heterocycles. The number of benzene rings is 2. The maximum Gasteiger partial charge on any atom is 0.251 e. The van der Waals surface area contributed by atoms with Gasteiger partial charge in [-0.3, -0.25) is 4.79 Å². The largest absolute Gasteiger partial charge is 0.360 e. The fourth-order valence-corrected chi connectivity index (χ4v) is 2.03. The van der Waals surface area contributed by atoms with Crippen LogP contribution in [-0.2, 0) is 6.42 Å². The summed E-state index contributed by atoms with van der Waals surface area (Å²) in [5.74, 6) is -0.136. The Balaban J connectivity index is 1.86. The molecule has 2 N–H and O–H groups in total. The smallest absolute Gasteiger partial charge is 0.251 e. The quantitative estimate of drug-likeness (QED) is 0.802. The minimum atomic E-state index is -0.136. The third-order valence-corrected chi connectivity index (χ3v) is 3.31. The number of carbonyl (C=O) groups is 1. The van der Waals surface area contributed by atoms with Crippen molar-refractivity contribution in [1.29, 1.82) is 10.5 Å². The molecule has 5 nitrogen and oxygen atoms in total. The van der Waals surface area contributed by atoms with Crippen LogP contribution < -0.4 is 10.6 Å². The van der Waals surface area contributed by atoms with Gasteiger partial charge in [-0.05, 0) is 36.2 Å². The van der Waals surface area contributed by atoms with Crippen molar-refractivity contribution in [1.82, 2.24) is 5.32 Å². The number of rotatable bonds is 6. The minimum absolute atomic E-state index is 0.0160. The van der Waals surface area contributed by atoms with Crippen molar-refractivity contribution in [2.75, 3.05) is 11.9 Å². The molecule has 2 aromatic carbocycles. The number of nitrogens with zero attached hydrogens (tertiary/aromatic N) is 2. The molecule has 0 atom stereocenters. The van der Waals surface area contributed by atoms with Gasteiger partial charge in [-0.1, -0.05) is 30.3 Å². The second-order valence-corrected chi connectivity index (χ2v) is 4.99. The number of allylic oxidation sites excluding steroid dienone is 1. The highest BCUT2D eigenvalue weighted by atomic mass is 16.1. The second-order valence-electron chi connectivity index (χ2n) is 4.99. The van der Waals surface area contributed by atoms with Gasteiger partial charge in [-0.15, -0.1) is 0 Å². The van der Waals surface area contributed by atoms with Crippen LogP contribution in [0.5, 0.6) is 0 Å². The number of anilines is 1. The van der Waals surface area contributed by atoms with E-state index in [9.17, 15) is 4.79 Å². The average Bonchev–Trinajstić information content (AvgIpc) is 2.64. The van der Waals surface area contributed by atoms with Crippen molar-refractivity contribution in [3.8, 4) is 12.1 Å². The predicted molar refractivity (Wildman–Crippen MR) is 91.9 cm³/mol. The molecule has 118 valence electrons. The first-order valence-electron chi connectivity index (χ1n) is 7.42. The highest BCUT2D eigenvalue weighted by molar-refractivity contribution is 5.94. The van der Waals surface area contributed by atoms with Gasteiger partial charge in [0.25, 0.3) is 5.91 Å². The van der Waals surface area contributed by atoms with Crippen molar-refractivity contribution >= 4 is 11.6 Å². The molecule has 0 bridgehead atoms. The molecule has 0 fully saturated rings. The fourth-order valence-electron chi connectivity index (χ4n) is 2.03. The summed E-state index contributed by atoms with van der Waals surface area (Å²) >= 11 is 0. The second kappa shape index (κ2) is 8.77. The predicted octanol–water partition coefficient (Wildman–Crippen LogP) is 3.00. The minimum Gasteiger partial charge on any atom is -0.360 e. The number of hydrogen-bond donors (Lipinski definition) is 2. The van der Waals surface area contributed by atoms with Gasteiger partial charge in [-0.25, -0.2) is 0 Å². The van der Waals surface area contributed by atoms with Crippen LogP contribution in [0.1, 0.15) is 15.9 Å². The van der Waals surface area contributed by atoms with Gasteiger partial charge >= 0.3 is 0 Å². The van der Waals surface area contributed by atoms with E-state index in [4.69, 9.17) is 10.5 Å². The summed E-state index contributed by atoms with van der Waals surface area (Å²) in [6.07, 6.45) is 2.11. The Morgan fingerprint density at radius 2 is 1.67 bits per heavy atom. The van der Waals surface area contributed by atoms with Crippen molar-refractivity contribution in [2.24, 2.45) is 0 Å². The average molecular weight is 316 g/mol. The van der Waals surface area contributed by atoms with Crippen LogP contribution in [0.25, 0.3) is 0 Å². The summed E-state index contributed by atoms with van der Waals surface area (Å²) in [7, 11) is 0. The number of carbonyl (C=O) groups excluding carboxylic acids is 1. The molecule has 0 unspecified atom stereocenters. The van der Waals surface area contributed by atoms with Crippen LogP contribution in [0.2, 0.25) is 0 Å². The van der Waals surface area contributed by atoms with Crippen molar-refractivity contribution in [2.45, 2.75) is 6.42 Å². The summed E-state index contributed by atoms with van der Waals surface area (Å²) < 4.78 is 0. The van der Waals surface area contributed by atoms with Crippen LogP contribution in [0.3, 0.4) is 0 Å². The summed E-state index contributed by atoms with van der Waals surface area (Å²) in [4.78, 5) is 12.1. The topological polar surface area (TPSA) is 88.7 Å². The van der Waals surface area contributed by atoms with Gasteiger partial charge in [-0.2, -0.15) is 10.5 Å².